The molecule has 128 valence electrons. The number of anilines is 1. The summed E-state index contributed by atoms with van der Waals surface area (Å²) >= 11 is 0. The lowest BCUT2D eigenvalue weighted by molar-refractivity contribution is 0.0697. The van der Waals surface area contributed by atoms with E-state index in [9.17, 15) is 4.79 Å². The molecule has 0 radical (unpaired) electrons. The van der Waals surface area contributed by atoms with E-state index in [1.165, 1.54) is 24.7 Å². The Kier molecular flexibility index (Phi) is 4.64. The lowest BCUT2D eigenvalue weighted by atomic mass is 10.2. The molecule has 0 spiro atoms. The first-order chi connectivity index (χ1) is 12.1. The van der Waals surface area contributed by atoms with Gasteiger partial charge in [0, 0.05) is 18.9 Å². The molecule has 3 heterocycles. The third-order valence-electron chi connectivity index (χ3n) is 3.60. The van der Waals surface area contributed by atoms with E-state index in [-0.39, 0.29) is 11.6 Å². The molecule has 1 atom stereocenters. The number of carboxylic acid groups (broad SMARTS) is 1. The van der Waals surface area contributed by atoms with Crippen molar-refractivity contribution in [1.29, 1.82) is 0 Å². The molecule has 0 aromatic carbocycles. The van der Waals surface area contributed by atoms with E-state index < -0.39 is 5.97 Å². The van der Waals surface area contributed by atoms with Crippen LogP contribution in [0.2, 0.25) is 0 Å². The van der Waals surface area contributed by atoms with Gasteiger partial charge in [0.15, 0.2) is 0 Å². The fourth-order valence-corrected chi connectivity index (χ4v) is 2.38. The number of carbonyl (C=O) groups is 1. The molecule has 0 fully saturated rings. The number of nitrogens with zero attached hydrogens (tertiary/aromatic N) is 6. The SMILES string of the molecule is CCn1ncnc1[C@H](C)Nc1nccc(-c2cc(C(=O)O)ccn2)n1. The summed E-state index contributed by atoms with van der Waals surface area (Å²) in [5, 5.41) is 16.4. The van der Waals surface area contributed by atoms with E-state index >= 15 is 0 Å². The Balaban J connectivity index is 1.84. The Bertz CT molecular complexity index is 893. The summed E-state index contributed by atoms with van der Waals surface area (Å²) in [4.78, 5) is 28.2. The number of hydrogen-bond acceptors (Lipinski definition) is 7. The Morgan fingerprint density at radius 3 is 2.80 bits per heavy atom. The summed E-state index contributed by atoms with van der Waals surface area (Å²) < 4.78 is 1.79. The third-order valence-corrected chi connectivity index (χ3v) is 3.60. The summed E-state index contributed by atoms with van der Waals surface area (Å²) in [7, 11) is 0. The van der Waals surface area contributed by atoms with Gasteiger partial charge in [-0.1, -0.05) is 0 Å². The molecule has 9 nitrogen and oxygen atoms in total. The Morgan fingerprint density at radius 1 is 1.24 bits per heavy atom. The normalized spacial score (nSPS) is 11.9. The van der Waals surface area contributed by atoms with Crippen LogP contribution in [0.25, 0.3) is 11.4 Å². The minimum atomic E-state index is -1.01. The Morgan fingerprint density at radius 2 is 2.04 bits per heavy atom. The maximum absolute atomic E-state index is 11.1. The predicted octanol–water partition coefficient (Wildman–Crippen LogP) is 2.02. The standard InChI is InChI=1S/C16H17N7O2/c1-3-23-14(19-9-20-23)10(2)21-16-18-7-5-12(22-16)13-8-11(15(24)25)4-6-17-13/h4-10H,3H2,1-2H3,(H,24,25)(H,18,21,22)/t10-/m0/s1. The van der Waals surface area contributed by atoms with Crippen LogP contribution in [0.15, 0.2) is 36.9 Å². The molecule has 0 saturated carbocycles. The van der Waals surface area contributed by atoms with E-state index in [0.717, 1.165) is 5.82 Å². The summed E-state index contributed by atoms with van der Waals surface area (Å²) in [5.41, 5.74) is 1.15. The van der Waals surface area contributed by atoms with Gasteiger partial charge in [0.05, 0.1) is 23.0 Å². The van der Waals surface area contributed by atoms with Gasteiger partial charge in [-0.3, -0.25) is 4.98 Å². The minimum absolute atomic E-state index is 0.143. The van der Waals surface area contributed by atoms with Crippen molar-refractivity contribution in [3.05, 3.63) is 48.3 Å². The van der Waals surface area contributed by atoms with Crippen LogP contribution < -0.4 is 5.32 Å². The Hall–Kier alpha value is -3.36. The lowest BCUT2D eigenvalue weighted by Crippen LogP contribution is -2.15. The lowest BCUT2D eigenvalue weighted by Gasteiger charge is -2.14. The molecule has 3 aromatic heterocycles. The maximum Gasteiger partial charge on any atom is 0.335 e. The number of aromatic carboxylic acids is 1. The number of pyridine rings is 1. The van der Waals surface area contributed by atoms with Gasteiger partial charge in [0.1, 0.15) is 12.2 Å². The van der Waals surface area contributed by atoms with Gasteiger partial charge >= 0.3 is 5.97 Å². The summed E-state index contributed by atoms with van der Waals surface area (Å²) in [6.07, 6.45) is 4.55. The molecule has 0 amide bonds. The zero-order valence-corrected chi connectivity index (χ0v) is 13.8. The van der Waals surface area contributed by atoms with Crippen molar-refractivity contribution in [3.63, 3.8) is 0 Å². The molecule has 0 bridgehead atoms. The highest BCUT2D eigenvalue weighted by Gasteiger charge is 2.14. The molecule has 0 aliphatic rings. The van der Waals surface area contributed by atoms with Crippen molar-refractivity contribution >= 4 is 11.9 Å². The zero-order chi connectivity index (χ0) is 17.8. The molecular formula is C16H17N7O2. The van der Waals surface area contributed by atoms with Gasteiger partial charge in [-0.05, 0) is 32.0 Å². The predicted molar refractivity (Wildman–Crippen MR) is 90.0 cm³/mol. The molecule has 0 aliphatic carbocycles. The highest BCUT2D eigenvalue weighted by molar-refractivity contribution is 5.88. The number of aryl methyl sites for hydroxylation is 1. The second-order valence-electron chi connectivity index (χ2n) is 5.30. The topological polar surface area (TPSA) is 119 Å². The van der Waals surface area contributed by atoms with E-state index in [4.69, 9.17) is 5.11 Å². The minimum Gasteiger partial charge on any atom is -0.478 e. The molecule has 0 aliphatic heterocycles. The molecule has 0 unspecified atom stereocenters. The molecule has 2 N–H and O–H groups in total. The van der Waals surface area contributed by atoms with Crippen LogP contribution in [0.4, 0.5) is 5.95 Å². The highest BCUT2D eigenvalue weighted by Crippen LogP contribution is 2.19. The first kappa shape index (κ1) is 16.5. The highest BCUT2D eigenvalue weighted by atomic mass is 16.4. The van der Waals surface area contributed by atoms with Crippen LogP contribution >= 0.6 is 0 Å². The number of aromatic nitrogens is 6. The monoisotopic (exact) mass is 339 g/mol. The summed E-state index contributed by atoms with van der Waals surface area (Å²) in [5.74, 6) is 0.171. The van der Waals surface area contributed by atoms with E-state index in [2.05, 4.69) is 30.4 Å². The fraction of sp³-hybridized carbons (Fsp3) is 0.250. The second-order valence-corrected chi connectivity index (χ2v) is 5.30. The average Bonchev–Trinajstić information content (AvgIpc) is 3.11. The smallest absolute Gasteiger partial charge is 0.335 e. The molecule has 25 heavy (non-hydrogen) atoms. The number of nitrogens with one attached hydrogen (secondary N) is 1. The molecule has 0 saturated heterocycles. The van der Waals surface area contributed by atoms with Crippen molar-refractivity contribution in [2.75, 3.05) is 5.32 Å². The van der Waals surface area contributed by atoms with Crippen molar-refractivity contribution in [1.82, 2.24) is 29.7 Å². The van der Waals surface area contributed by atoms with Crippen molar-refractivity contribution in [2.45, 2.75) is 26.4 Å². The number of hydrogen-bond donors (Lipinski definition) is 2. The maximum atomic E-state index is 11.1. The van der Waals surface area contributed by atoms with Gasteiger partial charge in [-0.15, -0.1) is 0 Å². The fourth-order valence-electron chi connectivity index (χ4n) is 2.38. The van der Waals surface area contributed by atoms with Gasteiger partial charge in [0.2, 0.25) is 5.95 Å². The van der Waals surface area contributed by atoms with E-state index in [1.807, 2.05) is 13.8 Å². The number of carboxylic acids is 1. The average molecular weight is 339 g/mol. The van der Waals surface area contributed by atoms with Crippen LogP contribution in [0, 0.1) is 0 Å². The molecule has 3 rings (SSSR count). The van der Waals surface area contributed by atoms with Crippen LogP contribution in [-0.2, 0) is 6.54 Å². The first-order valence-corrected chi connectivity index (χ1v) is 7.75. The van der Waals surface area contributed by atoms with Gasteiger partial charge in [0.25, 0.3) is 0 Å². The van der Waals surface area contributed by atoms with Crippen LogP contribution in [0.3, 0.4) is 0 Å². The number of rotatable bonds is 6. The molecule has 3 aromatic rings. The summed E-state index contributed by atoms with van der Waals surface area (Å²) in [6, 6.07) is 4.45. The van der Waals surface area contributed by atoms with Crippen LogP contribution in [-0.4, -0.2) is 40.8 Å². The third kappa shape index (κ3) is 3.60. The van der Waals surface area contributed by atoms with Crippen molar-refractivity contribution in [3.8, 4) is 11.4 Å². The molecule has 9 heteroatoms. The first-order valence-electron chi connectivity index (χ1n) is 7.75. The Labute approximate surface area is 143 Å². The quantitative estimate of drug-likeness (QED) is 0.700. The summed E-state index contributed by atoms with van der Waals surface area (Å²) in [6.45, 7) is 4.65. The van der Waals surface area contributed by atoms with Gasteiger partial charge in [-0.2, -0.15) is 5.10 Å². The van der Waals surface area contributed by atoms with E-state index in [0.29, 0.717) is 23.9 Å². The largest absolute Gasteiger partial charge is 0.478 e. The molecular weight excluding hydrogens is 322 g/mol. The van der Waals surface area contributed by atoms with Crippen molar-refractivity contribution < 1.29 is 9.90 Å². The van der Waals surface area contributed by atoms with Crippen LogP contribution in [0.5, 0.6) is 0 Å². The van der Waals surface area contributed by atoms with Gasteiger partial charge in [-0.25, -0.2) is 24.4 Å². The second kappa shape index (κ2) is 7.04. The van der Waals surface area contributed by atoms with Crippen molar-refractivity contribution in [2.24, 2.45) is 0 Å². The van der Waals surface area contributed by atoms with Gasteiger partial charge < -0.3 is 10.4 Å². The van der Waals surface area contributed by atoms with E-state index in [1.54, 1.807) is 16.9 Å². The van der Waals surface area contributed by atoms with Crippen LogP contribution in [0.1, 0.15) is 36.1 Å². The zero-order valence-electron chi connectivity index (χ0n) is 13.8.